The zero-order valence-corrected chi connectivity index (χ0v) is 11.2. The summed E-state index contributed by atoms with van der Waals surface area (Å²) in [6.07, 6.45) is 5.19. The van der Waals surface area contributed by atoms with Gasteiger partial charge in [-0.1, -0.05) is 29.8 Å². The van der Waals surface area contributed by atoms with E-state index in [9.17, 15) is 0 Å². The summed E-state index contributed by atoms with van der Waals surface area (Å²) in [4.78, 5) is 0. The van der Waals surface area contributed by atoms with E-state index in [1.165, 1.54) is 6.08 Å². The molecule has 2 nitrogen and oxygen atoms in total. The molecule has 0 bridgehead atoms. The van der Waals surface area contributed by atoms with Crippen LogP contribution in [0.4, 0.5) is 0 Å². The standard InChI is InChI=1S/C16H14ClNO/c1-2-12-10-19-11-16(12)15(4-3-9-18)13-5-7-14(17)8-6-13/h2-8,12H,1,10-11H2/b4-3+,16-15+. The molecule has 0 N–H and O–H groups in total. The van der Waals surface area contributed by atoms with Crippen LogP contribution in [0, 0.1) is 17.2 Å². The quantitative estimate of drug-likeness (QED) is 0.615. The first kappa shape index (κ1) is 13.6. The zero-order valence-electron chi connectivity index (χ0n) is 10.5. The van der Waals surface area contributed by atoms with Crippen molar-refractivity contribution in [2.75, 3.05) is 13.2 Å². The maximum atomic E-state index is 8.74. The Labute approximate surface area is 118 Å². The number of rotatable bonds is 3. The van der Waals surface area contributed by atoms with E-state index >= 15 is 0 Å². The minimum Gasteiger partial charge on any atom is -0.376 e. The lowest BCUT2D eigenvalue weighted by Crippen LogP contribution is -2.00. The molecule has 0 spiro atoms. The Morgan fingerprint density at radius 1 is 1.42 bits per heavy atom. The number of halogens is 1. The molecule has 1 aliphatic heterocycles. The highest BCUT2D eigenvalue weighted by atomic mass is 35.5. The Bertz CT molecular complexity index is 563. The highest BCUT2D eigenvalue weighted by Crippen LogP contribution is 2.31. The number of hydrogen-bond acceptors (Lipinski definition) is 2. The highest BCUT2D eigenvalue weighted by molar-refractivity contribution is 6.30. The Morgan fingerprint density at radius 3 is 2.79 bits per heavy atom. The Hall–Kier alpha value is -1.82. The third kappa shape index (κ3) is 3.14. The van der Waals surface area contributed by atoms with E-state index in [0.717, 1.165) is 16.7 Å². The predicted octanol–water partition coefficient (Wildman–Crippen LogP) is 4.01. The van der Waals surface area contributed by atoms with Crippen LogP contribution in [-0.4, -0.2) is 13.2 Å². The molecule has 96 valence electrons. The Balaban J connectivity index is 2.50. The van der Waals surface area contributed by atoms with Crippen molar-refractivity contribution in [2.45, 2.75) is 0 Å². The van der Waals surface area contributed by atoms with Gasteiger partial charge < -0.3 is 4.74 Å². The summed E-state index contributed by atoms with van der Waals surface area (Å²) < 4.78 is 5.49. The van der Waals surface area contributed by atoms with Crippen molar-refractivity contribution < 1.29 is 4.74 Å². The van der Waals surface area contributed by atoms with Crippen molar-refractivity contribution in [2.24, 2.45) is 5.92 Å². The van der Waals surface area contributed by atoms with Gasteiger partial charge in [-0.3, -0.25) is 0 Å². The van der Waals surface area contributed by atoms with E-state index in [2.05, 4.69) is 6.58 Å². The van der Waals surface area contributed by atoms with Crippen molar-refractivity contribution in [1.29, 1.82) is 5.26 Å². The van der Waals surface area contributed by atoms with Gasteiger partial charge in [-0.05, 0) is 34.9 Å². The maximum absolute atomic E-state index is 8.74. The molecule has 1 atom stereocenters. The summed E-state index contributed by atoms with van der Waals surface area (Å²) in [7, 11) is 0. The molecule has 3 heteroatoms. The third-order valence-corrected chi connectivity index (χ3v) is 3.36. The second kappa shape index (κ2) is 6.38. The zero-order chi connectivity index (χ0) is 13.7. The lowest BCUT2D eigenvalue weighted by atomic mass is 9.92. The molecule has 0 aromatic heterocycles. The SMILES string of the molecule is C=CC1COC/C1=C(/C=C/C#N)c1ccc(Cl)cc1. The van der Waals surface area contributed by atoms with Gasteiger partial charge in [0.2, 0.25) is 0 Å². The first-order valence-electron chi connectivity index (χ1n) is 6.01. The molecular formula is C16H14ClNO. The van der Waals surface area contributed by atoms with Crippen molar-refractivity contribution >= 4 is 17.2 Å². The molecule has 0 saturated carbocycles. The molecule has 1 heterocycles. The molecule has 1 saturated heterocycles. The molecule has 2 rings (SSSR count). The van der Waals surface area contributed by atoms with E-state index in [4.69, 9.17) is 21.6 Å². The first-order chi connectivity index (χ1) is 9.26. The fourth-order valence-corrected chi connectivity index (χ4v) is 2.26. The van der Waals surface area contributed by atoms with Crippen LogP contribution in [0.2, 0.25) is 5.02 Å². The molecule has 1 unspecified atom stereocenters. The summed E-state index contributed by atoms with van der Waals surface area (Å²) in [5, 5.41) is 9.43. The van der Waals surface area contributed by atoms with Crippen LogP contribution < -0.4 is 0 Å². The largest absolute Gasteiger partial charge is 0.376 e. The van der Waals surface area contributed by atoms with Gasteiger partial charge in [0.05, 0.1) is 19.3 Å². The van der Waals surface area contributed by atoms with Gasteiger partial charge in [0.1, 0.15) is 0 Å². The van der Waals surface area contributed by atoms with Gasteiger partial charge in [0, 0.05) is 17.0 Å². The summed E-state index contributed by atoms with van der Waals surface area (Å²) in [5.74, 6) is 0.203. The second-order valence-corrected chi connectivity index (χ2v) is 4.70. The van der Waals surface area contributed by atoms with Crippen LogP contribution in [0.15, 0.2) is 54.6 Å². The van der Waals surface area contributed by atoms with Crippen molar-refractivity contribution in [3.63, 3.8) is 0 Å². The smallest absolute Gasteiger partial charge is 0.0912 e. The van der Waals surface area contributed by atoms with E-state index < -0.39 is 0 Å². The molecule has 19 heavy (non-hydrogen) atoms. The van der Waals surface area contributed by atoms with Gasteiger partial charge in [-0.25, -0.2) is 0 Å². The number of nitrogens with zero attached hydrogens (tertiary/aromatic N) is 1. The minimum atomic E-state index is 0.203. The number of hydrogen-bond donors (Lipinski definition) is 0. The predicted molar refractivity (Wildman–Crippen MR) is 77.6 cm³/mol. The molecule has 1 fully saturated rings. The lowest BCUT2D eigenvalue weighted by molar-refractivity contribution is 0.195. The molecule has 1 aliphatic rings. The highest BCUT2D eigenvalue weighted by Gasteiger charge is 2.22. The number of benzene rings is 1. The van der Waals surface area contributed by atoms with Crippen molar-refractivity contribution in [1.82, 2.24) is 0 Å². The molecule has 1 aromatic rings. The van der Waals surface area contributed by atoms with Gasteiger partial charge in [0.15, 0.2) is 0 Å². The van der Waals surface area contributed by atoms with Crippen molar-refractivity contribution in [3.8, 4) is 6.07 Å². The minimum absolute atomic E-state index is 0.203. The van der Waals surface area contributed by atoms with Gasteiger partial charge in [-0.2, -0.15) is 5.26 Å². The average Bonchev–Trinajstić information content (AvgIpc) is 2.89. The summed E-state index contributed by atoms with van der Waals surface area (Å²) in [6, 6.07) is 9.61. The molecule has 0 radical (unpaired) electrons. The fourth-order valence-electron chi connectivity index (χ4n) is 2.13. The normalized spacial score (nSPS) is 21.4. The molecule has 1 aromatic carbocycles. The van der Waals surface area contributed by atoms with Gasteiger partial charge >= 0.3 is 0 Å². The van der Waals surface area contributed by atoms with Crippen molar-refractivity contribution in [3.05, 3.63) is 65.2 Å². The average molecular weight is 272 g/mol. The molecule has 0 aliphatic carbocycles. The van der Waals surface area contributed by atoms with E-state index in [0.29, 0.717) is 18.2 Å². The van der Waals surface area contributed by atoms with Gasteiger partial charge in [-0.15, -0.1) is 6.58 Å². The molecular weight excluding hydrogens is 258 g/mol. The first-order valence-corrected chi connectivity index (χ1v) is 6.39. The topological polar surface area (TPSA) is 33.0 Å². The Kier molecular flexibility index (Phi) is 4.57. The van der Waals surface area contributed by atoms with Crippen LogP contribution in [0.5, 0.6) is 0 Å². The summed E-state index contributed by atoms with van der Waals surface area (Å²) >= 11 is 5.91. The number of nitriles is 1. The van der Waals surface area contributed by atoms with E-state index in [1.54, 1.807) is 0 Å². The fraction of sp³-hybridized carbons (Fsp3) is 0.188. The van der Waals surface area contributed by atoms with Crippen LogP contribution >= 0.6 is 11.6 Å². The van der Waals surface area contributed by atoms with Crippen LogP contribution in [-0.2, 0) is 4.74 Å². The summed E-state index contributed by atoms with van der Waals surface area (Å²) in [5.41, 5.74) is 3.20. The monoisotopic (exact) mass is 271 g/mol. The van der Waals surface area contributed by atoms with Crippen LogP contribution in [0.3, 0.4) is 0 Å². The second-order valence-electron chi connectivity index (χ2n) is 4.27. The number of allylic oxidation sites excluding steroid dienone is 3. The summed E-state index contributed by atoms with van der Waals surface area (Å²) in [6.45, 7) is 5.06. The Morgan fingerprint density at radius 2 is 2.16 bits per heavy atom. The van der Waals surface area contributed by atoms with Crippen LogP contribution in [0.25, 0.3) is 5.57 Å². The van der Waals surface area contributed by atoms with Crippen LogP contribution in [0.1, 0.15) is 5.56 Å². The maximum Gasteiger partial charge on any atom is 0.0912 e. The van der Waals surface area contributed by atoms with E-state index in [1.807, 2.05) is 42.5 Å². The van der Waals surface area contributed by atoms with Gasteiger partial charge in [0.25, 0.3) is 0 Å². The molecule has 0 amide bonds. The number of ether oxygens (including phenoxy) is 1. The third-order valence-electron chi connectivity index (χ3n) is 3.11. The lowest BCUT2D eigenvalue weighted by Gasteiger charge is -2.11. The van der Waals surface area contributed by atoms with E-state index in [-0.39, 0.29) is 5.92 Å².